The van der Waals surface area contributed by atoms with Gasteiger partial charge in [0.05, 0.1) is 0 Å². The van der Waals surface area contributed by atoms with Gasteiger partial charge in [0.2, 0.25) is 0 Å². The second-order valence-electron chi connectivity index (χ2n) is 6.38. The van der Waals surface area contributed by atoms with Gasteiger partial charge in [0.1, 0.15) is 0 Å². The molecular formula is C19H32N2. The summed E-state index contributed by atoms with van der Waals surface area (Å²) in [5, 5.41) is 3.55. The minimum absolute atomic E-state index is 0.949. The summed E-state index contributed by atoms with van der Waals surface area (Å²) in [7, 11) is 0. The average molecular weight is 288 g/mol. The van der Waals surface area contributed by atoms with Crippen LogP contribution in [-0.2, 0) is 6.54 Å². The van der Waals surface area contributed by atoms with Crippen molar-refractivity contribution in [3.05, 3.63) is 29.8 Å². The summed E-state index contributed by atoms with van der Waals surface area (Å²) in [6.07, 6.45) is 8.08. The van der Waals surface area contributed by atoms with Crippen molar-refractivity contribution in [1.82, 2.24) is 5.32 Å². The number of rotatable bonds is 7. The number of hydrogen-bond acceptors (Lipinski definition) is 2. The first-order valence-corrected chi connectivity index (χ1v) is 8.88. The number of anilines is 1. The van der Waals surface area contributed by atoms with Crippen LogP contribution in [0.1, 0.15) is 57.9 Å². The summed E-state index contributed by atoms with van der Waals surface area (Å²) in [6, 6.07) is 8.95. The Hall–Kier alpha value is -1.02. The lowest BCUT2D eigenvalue weighted by atomic mass is 9.96. The third-order valence-electron chi connectivity index (χ3n) is 4.62. The van der Waals surface area contributed by atoms with Gasteiger partial charge in [-0.05, 0) is 49.8 Å². The van der Waals surface area contributed by atoms with Crippen LogP contribution in [0.3, 0.4) is 0 Å². The fourth-order valence-corrected chi connectivity index (χ4v) is 3.47. The fourth-order valence-electron chi connectivity index (χ4n) is 3.47. The quantitative estimate of drug-likeness (QED) is 0.738. The van der Waals surface area contributed by atoms with E-state index in [4.69, 9.17) is 0 Å². The van der Waals surface area contributed by atoms with Gasteiger partial charge in [-0.1, -0.05) is 44.9 Å². The molecule has 0 saturated carbocycles. The Labute approximate surface area is 130 Å². The van der Waals surface area contributed by atoms with Gasteiger partial charge in [0.15, 0.2) is 0 Å². The SMILES string of the molecule is CCCNCc1ccccc1N1CCCC(CCC)CC1. The second kappa shape index (κ2) is 9.09. The van der Waals surface area contributed by atoms with Crippen LogP contribution in [0.25, 0.3) is 0 Å². The number of nitrogens with one attached hydrogen (secondary N) is 1. The molecule has 1 aliphatic rings. The van der Waals surface area contributed by atoms with Crippen LogP contribution in [0.4, 0.5) is 5.69 Å². The Morgan fingerprint density at radius 1 is 1.10 bits per heavy atom. The molecule has 1 aromatic rings. The van der Waals surface area contributed by atoms with Crippen LogP contribution in [0.15, 0.2) is 24.3 Å². The number of para-hydroxylation sites is 1. The first-order valence-electron chi connectivity index (χ1n) is 8.88. The molecule has 1 aliphatic heterocycles. The lowest BCUT2D eigenvalue weighted by molar-refractivity contribution is 0.435. The maximum Gasteiger partial charge on any atom is 0.0411 e. The molecule has 1 N–H and O–H groups in total. The standard InChI is InChI=1S/C19H32N2/c1-3-8-17-9-7-14-21(15-12-17)19-11-6-5-10-18(19)16-20-13-4-2/h5-6,10-11,17,20H,3-4,7-9,12-16H2,1-2H3. The Kier molecular flexibility index (Phi) is 7.08. The maximum absolute atomic E-state index is 3.55. The highest BCUT2D eigenvalue weighted by atomic mass is 15.1. The average Bonchev–Trinajstić information content (AvgIpc) is 2.74. The van der Waals surface area contributed by atoms with Gasteiger partial charge in [-0.15, -0.1) is 0 Å². The largest absolute Gasteiger partial charge is 0.371 e. The van der Waals surface area contributed by atoms with Gasteiger partial charge in [-0.2, -0.15) is 0 Å². The van der Waals surface area contributed by atoms with Crippen molar-refractivity contribution in [2.75, 3.05) is 24.5 Å². The van der Waals surface area contributed by atoms with Gasteiger partial charge < -0.3 is 10.2 Å². The second-order valence-corrected chi connectivity index (χ2v) is 6.38. The third kappa shape index (κ3) is 5.03. The zero-order chi connectivity index (χ0) is 14.9. The summed E-state index contributed by atoms with van der Waals surface area (Å²) in [5.74, 6) is 0.949. The predicted molar refractivity (Wildman–Crippen MR) is 92.9 cm³/mol. The molecule has 1 saturated heterocycles. The Bertz CT molecular complexity index is 402. The van der Waals surface area contributed by atoms with E-state index in [0.29, 0.717) is 0 Å². The molecule has 2 rings (SSSR count). The van der Waals surface area contributed by atoms with E-state index in [2.05, 4.69) is 48.3 Å². The molecule has 1 aromatic carbocycles. The number of hydrogen-bond donors (Lipinski definition) is 1. The van der Waals surface area contributed by atoms with E-state index < -0.39 is 0 Å². The fraction of sp³-hybridized carbons (Fsp3) is 0.684. The molecule has 118 valence electrons. The molecule has 21 heavy (non-hydrogen) atoms. The van der Waals surface area contributed by atoms with Crippen molar-refractivity contribution in [3.8, 4) is 0 Å². The zero-order valence-electron chi connectivity index (χ0n) is 13.9. The molecule has 2 heteroatoms. The number of benzene rings is 1. The van der Waals surface area contributed by atoms with Crippen LogP contribution in [-0.4, -0.2) is 19.6 Å². The Morgan fingerprint density at radius 3 is 2.76 bits per heavy atom. The topological polar surface area (TPSA) is 15.3 Å². The van der Waals surface area contributed by atoms with E-state index in [0.717, 1.165) is 19.0 Å². The van der Waals surface area contributed by atoms with E-state index in [1.54, 1.807) is 0 Å². The van der Waals surface area contributed by atoms with Crippen LogP contribution in [0, 0.1) is 5.92 Å². The summed E-state index contributed by atoms with van der Waals surface area (Å²) >= 11 is 0. The molecule has 0 amide bonds. The Morgan fingerprint density at radius 2 is 1.95 bits per heavy atom. The van der Waals surface area contributed by atoms with Crippen molar-refractivity contribution in [1.29, 1.82) is 0 Å². The minimum Gasteiger partial charge on any atom is -0.371 e. The molecular weight excluding hydrogens is 256 g/mol. The summed E-state index contributed by atoms with van der Waals surface area (Å²) in [5.41, 5.74) is 2.91. The van der Waals surface area contributed by atoms with Gasteiger partial charge in [-0.25, -0.2) is 0 Å². The molecule has 1 fully saturated rings. The monoisotopic (exact) mass is 288 g/mol. The Balaban J connectivity index is 2.00. The van der Waals surface area contributed by atoms with Gasteiger partial charge in [0, 0.05) is 25.3 Å². The van der Waals surface area contributed by atoms with Crippen LogP contribution in [0.2, 0.25) is 0 Å². The van der Waals surface area contributed by atoms with Crippen molar-refractivity contribution in [2.45, 2.75) is 58.9 Å². The molecule has 0 aliphatic carbocycles. The van der Waals surface area contributed by atoms with E-state index >= 15 is 0 Å². The molecule has 0 spiro atoms. The first kappa shape index (κ1) is 16.4. The van der Waals surface area contributed by atoms with Crippen LogP contribution >= 0.6 is 0 Å². The molecule has 1 unspecified atom stereocenters. The molecule has 1 heterocycles. The highest BCUT2D eigenvalue weighted by molar-refractivity contribution is 5.53. The lowest BCUT2D eigenvalue weighted by Gasteiger charge is -2.26. The van der Waals surface area contributed by atoms with Crippen LogP contribution in [0.5, 0.6) is 0 Å². The molecule has 0 bridgehead atoms. The smallest absolute Gasteiger partial charge is 0.0411 e. The molecule has 0 aromatic heterocycles. The van der Waals surface area contributed by atoms with E-state index in [1.807, 2.05) is 0 Å². The normalized spacial score (nSPS) is 19.5. The van der Waals surface area contributed by atoms with Crippen molar-refractivity contribution in [2.24, 2.45) is 5.92 Å². The van der Waals surface area contributed by atoms with Gasteiger partial charge in [-0.3, -0.25) is 0 Å². The third-order valence-corrected chi connectivity index (χ3v) is 4.62. The predicted octanol–water partition coefficient (Wildman–Crippen LogP) is 4.59. The van der Waals surface area contributed by atoms with Gasteiger partial charge >= 0.3 is 0 Å². The first-order chi connectivity index (χ1) is 10.3. The highest BCUT2D eigenvalue weighted by Gasteiger charge is 2.18. The van der Waals surface area contributed by atoms with E-state index in [9.17, 15) is 0 Å². The zero-order valence-corrected chi connectivity index (χ0v) is 13.9. The molecule has 0 radical (unpaired) electrons. The van der Waals surface area contributed by atoms with Crippen molar-refractivity contribution in [3.63, 3.8) is 0 Å². The van der Waals surface area contributed by atoms with Crippen molar-refractivity contribution < 1.29 is 0 Å². The lowest BCUT2D eigenvalue weighted by Crippen LogP contribution is -2.26. The summed E-state index contributed by atoms with van der Waals surface area (Å²) in [6.45, 7) is 9.10. The van der Waals surface area contributed by atoms with E-state index in [1.165, 1.54) is 62.9 Å². The molecule has 1 atom stereocenters. The van der Waals surface area contributed by atoms with E-state index in [-0.39, 0.29) is 0 Å². The molecule has 2 nitrogen and oxygen atoms in total. The maximum atomic E-state index is 3.55. The summed E-state index contributed by atoms with van der Waals surface area (Å²) < 4.78 is 0. The van der Waals surface area contributed by atoms with Crippen LogP contribution < -0.4 is 10.2 Å². The van der Waals surface area contributed by atoms with Gasteiger partial charge in [0.25, 0.3) is 0 Å². The number of nitrogens with zero attached hydrogens (tertiary/aromatic N) is 1. The van der Waals surface area contributed by atoms with Crippen molar-refractivity contribution >= 4 is 5.69 Å². The minimum atomic E-state index is 0.949. The summed E-state index contributed by atoms with van der Waals surface area (Å²) in [4.78, 5) is 2.62. The highest BCUT2D eigenvalue weighted by Crippen LogP contribution is 2.27.